The number of fused-ring (bicyclic) bond motifs is 4. The largest absolute Gasteiger partial charge is 0.490 e. The van der Waals surface area contributed by atoms with Crippen LogP contribution in [0.5, 0.6) is 5.75 Å². The molecule has 2 aromatic rings. The molecule has 2 aliphatic carbocycles. The predicted molar refractivity (Wildman–Crippen MR) is 161 cm³/mol. The van der Waals surface area contributed by atoms with E-state index in [0.717, 1.165) is 49.4 Å². The zero-order chi connectivity index (χ0) is 28.9. The molecule has 1 saturated carbocycles. The monoisotopic (exact) mass is 600 g/mol. The number of anilines is 1. The second kappa shape index (κ2) is 11.1. The number of nitrogens with one attached hydrogen (secondary N) is 1. The first-order valence-electron chi connectivity index (χ1n) is 15.1. The summed E-state index contributed by atoms with van der Waals surface area (Å²) in [5, 5.41) is 11.3. The van der Waals surface area contributed by atoms with Gasteiger partial charge >= 0.3 is 0 Å². The SMILES string of the molecule is C[C@@H]1CC[C@H](C)S(=O)(=O)NC(=O)c2ccc3c(c2)N(C[C@@H]2CC[C@H]2[C@H](O)C1)C[C@@]1(CCCc2cc(Cl)ccc21)CO3. The van der Waals surface area contributed by atoms with Gasteiger partial charge in [-0.1, -0.05) is 24.6 Å². The summed E-state index contributed by atoms with van der Waals surface area (Å²) in [4.78, 5) is 15.6. The topological polar surface area (TPSA) is 95.9 Å². The number of carbonyl (C=O) groups excluding carboxylic acids is 1. The Morgan fingerprint density at radius 1 is 1.10 bits per heavy atom. The van der Waals surface area contributed by atoms with Crippen LogP contribution in [0.25, 0.3) is 0 Å². The number of benzene rings is 2. The average Bonchev–Trinajstić information content (AvgIpc) is 3.05. The van der Waals surface area contributed by atoms with Crippen LogP contribution in [0, 0.1) is 17.8 Å². The van der Waals surface area contributed by atoms with Crippen LogP contribution < -0.4 is 14.4 Å². The van der Waals surface area contributed by atoms with E-state index in [2.05, 4.69) is 28.7 Å². The number of rotatable bonds is 0. The summed E-state index contributed by atoms with van der Waals surface area (Å²) >= 11 is 6.39. The smallest absolute Gasteiger partial charge is 0.264 e. The Bertz CT molecular complexity index is 1430. The molecule has 222 valence electrons. The van der Waals surface area contributed by atoms with Crippen molar-refractivity contribution in [3.63, 3.8) is 0 Å². The molecule has 0 aromatic heterocycles. The standard InChI is InChI=1S/C32H41ClN2O5S/c1-20-5-6-21(2)41(38,39)34-31(37)23-8-12-30-28(16-23)35(17-24-7-10-26(24)29(36)14-20)18-32(19-40-30)13-3-4-22-15-25(33)9-11-27(22)32/h8-9,11-12,15-16,20-21,24,26,29,36H,3-7,10,13-14,17-19H2,1-2H3,(H,34,37)/t20-,21+,24+,26-,29-,32+/m1/s1. The highest BCUT2D eigenvalue weighted by atomic mass is 35.5. The first-order valence-corrected chi connectivity index (χ1v) is 17.0. The third kappa shape index (κ3) is 5.59. The quantitative estimate of drug-likeness (QED) is 0.416. The van der Waals surface area contributed by atoms with E-state index in [1.54, 1.807) is 25.1 Å². The molecule has 9 heteroatoms. The number of halogens is 1. The van der Waals surface area contributed by atoms with Gasteiger partial charge in [-0.3, -0.25) is 4.79 Å². The summed E-state index contributed by atoms with van der Waals surface area (Å²) in [5.74, 6) is 0.805. The normalized spacial score (nSPS) is 33.4. The van der Waals surface area contributed by atoms with Crippen molar-refractivity contribution >= 4 is 33.2 Å². The van der Waals surface area contributed by atoms with E-state index in [1.807, 2.05) is 6.07 Å². The summed E-state index contributed by atoms with van der Waals surface area (Å²) in [5.41, 5.74) is 3.39. The highest BCUT2D eigenvalue weighted by Crippen LogP contribution is 2.47. The van der Waals surface area contributed by atoms with Gasteiger partial charge in [-0.25, -0.2) is 13.1 Å². The fourth-order valence-electron chi connectivity index (χ4n) is 7.53. The van der Waals surface area contributed by atoms with Crippen molar-refractivity contribution in [2.75, 3.05) is 24.6 Å². The third-order valence-electron chi connectivity index (χ3n) is 10.2. The molecule has 6 atom stereocenters. The molecule has 41 heavy (non-hydrogen) atoms. The van der Waals surface area contributed by atoms with Gasteiger partial charge in [-0.15, -0.1) is 0 Å². The molecular formula is C32H41ClN2O5S. The Labute approximate surface area is 248 Å². The van der Waals surface area contributed by atoms with Crippen molar-refractivity contribution in [3.05, 3.63) is 58.1 Å². The molecule has 2 aromatic carbocycles. The maximum absolute atomic E-state index is 13.3. The first-order chi connectivity index (χ1) is 19.5. The van der Waals surface area contributed by atoms with Crippen LogP contribution >= 0.6 is 11.6 Å². The van der Waals surface area contributed by atoms with Crippen LogP contribution in [0.1, 0.15) is 80.3 Å². The second-order valence-electron chi connectivity index (χ2n) is 13.1. The molecule has 0 saturated heterocycles. The van der Waals surface area contributed by atoms with Crippen molar-refractivity contribution in [3.8, 4) is 5.75 Å². The molecule has 0 radical (unpaired) electrons. The maximum Gasteiger partial charge on any atom is 0.264 e. The minimum absolute atomic E-state index is 0.187. The molecule has 0 unspecified atom stereocenters. The fourth-order valence-corrected chi connectivity index (χ4v) is 8.75. The lowest BCUT2D eigenvalue weighted by Gasteiger charge is -2.46. The summed E-state index contributed by atoms with van der Waals surface area (Å²) in [6.07, 6.45) is 6.40. The molecule has 1 fully saturated rings. The maximum atomic E-state index is 13.3. The van der Waals surface area contributed by atoms with Crippen LogP contribution in [-0.4, -0.2) is 50.5 Å². The van der Waals surface area contributed by atoms with E-state index in [9.17, 15) is 18.3 Å². The lowest BCUT2D eigenvalue weighted by atomic mass is 9.67. The number of aryl methyl sites for hydroxylation is 1. The Kier molecular flexibility index (Phi) is 7.79. The van der Waals surface area contributed by atoms with Gasteiger partial charge in [-0.05, 0) is 118 Å². The number of aliphatic hydroxyl groups is 1. The third-order valence-corrected chi connectivity index (χ3v) is 12.2. The molecule has 2 aliphatic heterocycles. The van der Waals surface area contributed by atoms with E-state index < -0.39 is 27.3 Å². The van der Waals surface area contributed by atoms with Gasteiger partial charge in [0, 0.05) is 29.1 Å². The van der Waals surface area contributed by atoms with Crippen molar-refractivity contribution in [1.82, 2.24) is 4.72 Å². The first kappa shape index (κ1) is 28.8. The van der Waals surface area contributed by atoms with Crippen LogP contribution in [0.15, 0.2) is 36.4 Å². The Morgan fingerprint density at radius 3 is 2.71 bits per heavy atom. The predicted octanol–water partition coefficient (Wildman–Crippen LogP) is 5.47. The minimum Gasteiger partial charge on any atom is -0.490 e. The van der Waals surface area contributed by atoms with Crippen LogP contribution in [0.2, 0.25) is 5.02 Å². The van der Waals surface area contributed by atoms with Crippen LogP contribution in [0.4, 0.5) is 5.69 Å². The van der Waals surface area contributed by atoms with E-state index in [-0.39, 0.29) is 17.3 Å². The summed E-state index contributed by atoms with van der Waals surface area (Å²) < 4.78 is 34.9. The van der Waals surface area contributed by atoms with Gasteiger partial charge in [0.25, 0.3) is 5.91 Å². The van der Waals surface area contributed by atoms with E-state index in [4.69, 9.17) is 16.3 Å². The van der Waals surface area contributed by atoms with Gasteiger partial charge in [0.2, 0.25) is 10.0 Å². The molecule has 2 N–H and O–H groups in total. The molecule has 4 aliphatic rings. The number of sulfonamides is 1. The molecule has 7 nitrogen and oxygen atoms in total. The summed E-state index contributed by atoms with van der Waals surface area (Å²) in [6, 6.07) is 11.4. The number of amides is 1. The van der Waals surface area contributed by atoms with E-state index in [1.165, 1.54) is 11.1 Å². The number of nitrogens with zero attached hydrogens (tertiary/aromatic N) is 1. The van der Waals surface area contributed by atoms with Crippen molar-refractivity contribution in [2.45, 2.75) is 82.0 Å². The second-order valence-corrected chi connectivity index (χ2v) is 15.6. The highest BCUT2D eigenvalue weighted by Gasteiger charge is 2.44. The van der Waals surface area contributed by atoms with Crippen LogP contribution in [0.3, 0.4) is 0 Å². The zero-order valence-corrected chi connectivity index (χ0v) is 25.5. The Balaban J connectivity index is 1.41. The lowest BCUT2D eigenvalue weighted by molar-refractivity contribution is 0.00130. The van der Waals surface area contributed by atoms with E-state index >= 15 is 0 Å². The number of carbonyl (C=O) groups is 1. The minimum atomic E-state index is -3.85. The molecule has 1 spiro atoms. The van der Waals surface area contributed by atoms with Gasteiger partial charge < -0.3 is 14.7 Å². The van der Waals surface area contributed by atoms with E-state index in [0.29, 0.717) is 49.6 Å². The number of hydrogen-bond donors (Lipinski definition) is 2. The van der Waals surface area contributed by atoms with Crippen molar-refractivity contribution in [1.29, 1.82) is 0 Å². The van der Waals surface area contributed by atoms with Gasteiger partial charge in [0.1, 0.15) is 5.75 Å². The van der Waals surface area contributed by atoms with Gasteiger partial charge in [-0.2, -0.15) is 0 Å². The molecule has 2 heterocycles. The van der Waals surface area contributed by atoms with Crippen molar-refractivity contribution < 1.29 is 23.1 Å². The lowest BCUT2D eigenvalue weighted by Crippen LogP contribution is -2.49. The van der Waals surface area contributed by atoms with Crippen LogP contribution in [-0.2, 0) is 21.9 Å². The number of ether oxygens (including phenoxy) is 1. The summed E-state index contributed by atoms with van der Waals surface area (Å²) in [7, 11) is -3.85. The Hall–Kier alpha value is -2.29. The molecule has 2 bridgehead atoms. The fraction of sp³-hybridized carbons (Fsp3) is 0.594. The van der Waals surface area contributed by atoms with Gasteiger partial charge in [0.15, 0.2) is 0 Å². The van der Waals surface area contributed by atoms with Gasteiger partial charge in [0.05, 0.1) is 23.6 Å². The zero-order valence-electron chi connectivity index (χ0n) is 23.9. The number of aliphatic hydroxyl groups excluding tert-OH is 1. The van der Waals surface area contributed by atoms with Crippen molar-refractivity contribution in [2.24, 2.45) is 17.8 Å². The number of hydrogen-bond acceptors (Lipinski definition) is 6. The molecule has 6 rings (SSSR count). The molecule has 1 amide bonds. The molecular weight excluding hydrogens is 560 g/mol. The summed E-state index contributed by atoms with van der Waals surface area (Å²) in [6.45, 7) is 5.70. The Morgan fingerprint density at radius 2 is 1.93 bits per heavy atom. The highest BCUT2D eigenvalue weighted by molar-refractivity contribution is 7.90. The average molecular weight is 601 g/mol.